The number of aromatic nitrogens is 3. The molecule has 3 heterocycles. The lowest BCUT2D eigenvalue weighted by molar-refractivity contribution is 0.0594. The molecule has 1 saturated heterocycles. The van der Waals surface area contributed by atoms with Crippen LogP contribution in [-0.2, 0) is 4.74 Å². The Hall–Kier alpha value is -3.51. The fraction of sp³-hybridized carbons (Fsp3) is 0.286. The second-order valence-electron chi connectivity index (χ2n) is 7.06. The lowest BCUT2D eigenvalue weighted by Crippen LogP contribution is -2.26. The summed E-state index contributed by atoms with van der Waals surface area (Å²) in [6.07, 6.45) is 3.35. The molecule has 1 aliphatic heterocycles. The van der Waals surface area contributed by atoms with Crippen molar-refractivity contribution in [3.63, 3.8) is 0 Å². The zero-order valence-corrected chi connectivity index (χ0v) is 17.4. The van der Waals surface area contributed by atoms with E-state index in [2.05, 4.69) is 25.9 Å². The van der Waals surface area contributed by atoms with Gasteiger partial charge in [-0.2, -0.15) is 5.26 Å². The molecular formula is C21H20N6O2S. The van der Waals surface area contributed by atoms with Gasteiger partial charge in [-0.3, -0.25) is 0 Å². The molecule has 2 aromatic heterocycles. The van der Waals surface area contributed by atoms with Gasteiger partial charge in [0.25, 0.3) is 0 Å². The van der Waals surface area contributed by atoms with E-state index in [1.165, 1.54) is 24.6 Å². The van der Waals surface area contributed by atoms with Crippen LogP contribution in [0.15, 0.2) is 30.5 Å². The Morgan fingerprint density at radius 2 is 2.20 bits per heavy atom. The topological polar surface area (TPSA) is 118 Å². The van der Waals surface area contributed by atoms with E-state index in [9.17, 15) is 4.79 Å². The second kappa shape index (κ2) is 8.08. The van der Waals surface area contributed by atoms with Crippen molar-refractivity contribution in [3.8, 4) is 16.8 Å². The number of carbonyl (C=O) groups excluding carboxylic acids is 1. The molecule has 1 atom stereocenters. The van der Waals surface area contributed by atoms with Crippen molar-refractivity contribution in [1.29, 1.82) is 5.26 Å². The van der Waals surface area contributed by atoms with Crippen LogP contribution in [0.3, 0.4) is 0 Å². The molecule has 4 rings (SSSR count). The van der Waals surface area contributed by atoms with Gasteiger partial charge >= 0.3 is 5.97 Å². The first-order valence-electron chi connectivity index (χ1n) is 9.46. The zero-order valence-electron chi connectivity index (χ0n) is 16.6. The summed E-state index contributed by atoms with van der Waals surface area (Å²) in [4.78, 5) is 28.2. The highest BCUT2D eigenvalue weighted by Gasteiger charge is 2.31. The van der Waals surface area contributed by atoms with E-state index < -0.39 is 5.97 Å². The fourth-order valence-corrected chi connectivity index (χ4v) is 4.33. The Bertz CT molecular complexity index is 1150. The maximum Gasteiger partial charge on any atom is 0.356 e. The normalized spacial score (nSPS) is 15.8. The second-order valence-corrected chi connectivity index (χ2v) is 8.09. The van der Waals surface area contributed by atoms with E-state index >= 15 is 0 Å². The van der Waals surface area contributed by atoms with Crippen LogP contribution in [0.25, 0.3) is 10.7 Å². The van der Waals surface area contributed by atoms with E-state index in [1.54, 1.807) is 6.07 Å². The molecule has 3 aromatic rings. The van der Waals surface area contributed by atoms with Gasteiger partial charge in [0.2, 0.25) is 5.95 Å². The summed E-state index contributed by atoms with van der Waals surface area (Å²) < 4.78 is 4.88. The smallest absolute Gasteiger partial charge is 0.356 e. The van der Waals surface area contributed by atoms with Crippen LogP contribution in [0.2, 0.25) is 0 Å². The molecule has 30 heavy (non-hydrogen) atoms. The van der Waals surface area contributed by atoms with Gasteiger partial charge in [-0.1, -0.05) is 12.1 Å². The van der Waals surface area contributed by atoms with E-state index in [0.29, 0.717) is 21.5 Å². The Balaban J connectivity index is 1.79. The minimum atomic E-state index is -0.553. The van der Waals surface area contributed by atoms with E-state index in [1.807, 2.05) is 25.1 Å². The summed E-state index contributed by atoms with van der Waals surface area (Å²) in [6, 6.07) is 9.67. The van der Waals surface area contributed by atoms with Crippen LogP contribution in [-0.4, -0.2) is 34.6 Å². The van der Waals surface area contributed by atoms with Crippen LogP contribution in [0, 0.1) is 18.3 Å². The average Bonchev–Trinajstić information content (AvgIpc) is 3.42. The number of hydrogen-bond acceptors (Lipinski definition) is 9. The molecule has 2 N–H and O–H groups in total. The summed E-state index contributed by atoms with van der Waals surface area (Å²) in [7, 11) is 1.31. The number of rotatable bonds is 4. The van der Waals surface area contributed by atoms with Gasteiger partial charge in [0.1, 0.15) is 21.6 Å². The van der Waals surface area contributed by atoms with E-state index in [-0.39, 0.29) is 11.7 Å². The Kier molecular flexibility index (Phi) is 5.33. The molecule has 8 nitrogen and oxygen atoms in total. The van der Waals surface area contributed by atoms with E-state index in [4.69, 9.17) is 15.7 Å². The number of carbonyl (C=O) groups is 1. The quantitative estimate of drug-likeness (QED) is 0.503. The number of aryl methyl sites for hydroxylation is 1. The summed E-state index contributed by atoms with van der Waals surface area (Å²) >= 11 is 1.21. The lowest BCUT2D eigenvalue weighted by Gasteiger charge is -2.26. The van der Waals surface area contributed by atoms with Crippen LogP contribution in [0.5, 0.6) is 0 Å². The summed E-state index contributed by atoms with van der Waals surface area (Å²) in [5.74, 6) is -0.133. The van der Waals surface area contributed by atoms with Crippen molar-refractivity contribution >= 4 is 28.9 Å². The lowest BCUT2D eigenvalue weighted by atomic mass is 10.0. The van der Waals surface area contributed by atoms with Crippen LogP contribution in [0.4, 0.5) is 11.6 Å². The first kappa shape index (κ1) is 19.8. The molecule has 0 amide bonds. The van der Waals surface area contributed by atoms with Crippen LogP contribution < -0.4 is 10.6 Å². The summed E-state index contributed by atoms with van der Waals surface area (Å²) in [5, 5.41) is 9.65. The third-order valence-electron chi connectivity index (χ3n) is 5.05. The van der Waals surface area contributed by atoms with Crippen molar-refractivity contribution < 1.29 is 9.53 Å². The predicted molar refractivity (Wildman–Crippen MR) is 114 cm³/mol. The highest BCUT2D eigenvalue weighted by Crippen LogP contribution is 2.38. The number of thiazole rings is 1. The van der Waals surface area contributed by atoms with Gasteiger partial charge in [-0.25, -0.2) is 19.7 Å². The number of nitriles is 1. The molecule has 0 aliphatic carbocycles. The minimum Gasteiger partial charge on any atom is -0.464 e. The molecule has 1 fully saturated rings. The minimum absolute atomic E-state index is 0.0114. The number of nitrogens with zero attached hydrogens (tertiary/aromatic N) is 5. The molecule has 0 bridgehead atoms. The van der Waals surface area contributed by atoms with Crippen molar-refractivity contribution in [2.45, 2.75) is 25.8 Å². The first-order valence-corrected chi connectivity index (χ1v) is 10.3. The molecule has 1 aromatic carbocycles. The molecular weight excluding hydrogens is 400 g/mol. The Morgan fingerprint density at radius 3 is 2.90 bits per heavy atom. The number of hydrogen-bond donors (Lipinski definition) is 1. The first-order chi connectivity index (χ1) is 14.5. The monoisotopic (exact) mass is 420 g/mol. The van der Waals surface area contributed by atoms with Gasteiger partial charge in [0, 0.05) is 18.3 Å². The van der Waals surface area contributed by atoms with Gasteiger partial charge in [-0.15, -0.1) is 11.3 Å². The Labute approximate surface area is 178 Å². The average molecular weight is 420 g/mol. The van der Waals surface area contributed by atoms with Crippen molar-refractivity contribution in [1.82, 2.24) is 15.0 Å². The third kappa shape index (κ3) is 3.69. The van der Waals surface area contributed by atoms with Gasteiger partial charge < -0.3 is 15.4 Å². The van der Waals surface area contributed by atoms with Crippen LogP contribution >= 0.6 is 11.3 Å². The Morgan fingerprint density at radius 1 is 1.37 bits per heavy atom. The van der Waals surface area contributed by atoms with Crippen molar-refractivity contribution in [2.24, 2.45) is 0 Å². The highest BCUT2D eigenvalue weighted by molar-refractivity contribution is 7.15. The highest BCUT2D eigenvalue weighted by atomic mass is 32.1. The largest absolute Gasteiger partial charge is 0.464 e. The molecule has 0 spiro atoms. The number of nitrogens with two attached hydrogens (primary N) is 1. The van der Waals surface area contributed by atoms with Crippen LogP contribution in [0.1, 0.15) is 45.4 Å². The number of anilines is 2. The number of methoxy groups -OCH3 is 1. The maximum atomic E-state index is 12.2. The molecule has 0 saturated carbocycles. The number of ether oxygens (including phenoxy) is 1. The molecule has 152 valence electrons. The third-order valence-corrected chi connectivity index (χ3v) is 5.98. The predicted octanol–water partition coefficient (Wildman–Crippen LogP) is 3.49. The maximum absolute atomic E-state index is 12.2. The SMILES string of the molecule is COC(=O)c1cc(-c2ncc(C#N)s2)nc(N2CCCC2c2ccc(C)cc2N)n1. The van der Waals surface area contributed by atoms with Crippen molar-refractivity contribution in [2.75, 3.05) is 24.3 Å². The number of benzene rings is 1. The molecule has 0 radical (unpaired) electrons. The molecule has 1 aliphatic rings. The van der Waals surface area contributed by atoms with Gasteiger partial charge in [0.15, 0.2) is 5.69 Å². The zero-order chi connectivity index (χ0) is 21.3. The standard InChI is InChI=1S/C21H20N6O2S/c1-12-5-6-14(15(23)8-12)18-4-3-7-27(18)21-25-16(9-17(26-21)20(28)29-2)19-24-11-13(10-22)30-19/h5-6,8-9,11,18H,3-4,7,23H2,1-2H3. The fourth-order valence-electron chi connectivity index (χ4n) is 3.65. The van der Waals surface area contributed by atoms with E-state index in [0.717, 1.165) is 36.2 Å². The summed E-state index contributed by atoms with van der Waals surface area (Å²) in [6.45, 7) is 2.74. The molecule has 9 heteroatoms. The summed E-state index contributed by atoms with van der Waals surface area (Å²) in [5.41, 5.74) is 9.78. The van der Waals surface area contributed by atoms with Crippen molar-refractivity contribution in [3.05, 3.63) is 52.2 Å². The molecule has 1 unspecified atom stereocenters. The van der Waals surface area contributed by atoms with Gasteiger partial charge in [0.05, 0.1) is 19.3 Å². The number of nitrogen functional groups attached to an aromatic ring is 1. The van der Waals surface area contributed by atoms with Gasteiger partial charge in [-0.05, 0) is 37.0 Å². The number of esters is 1.